The fourth-order valence-electron chi connectivity index (χ4n) is 2.61. The molecule has 0 aliphatic carbocycles. The molecule has 0 saturated heterocycles. The molecular weight excluding hydrogens is 394 g/mol. The summed E-state index contributed by atoms with van der Waals surface area (Å²) in [5.74, 6) is -0.423. The number of carboxylic acid groups (broad SMARTS) is 1. The number of nitriles is 1. The highest BCUT2D eigenvalue weighted by Crippen LogP contribution is 2.31. The van der Waals surface area contributed by atoms with Crippen LogP contribution >= 0.6 is 11.6 Å². The molecule has 0 atom stereocenters. The minimum Gasteiger partial charge on any atom is -0.542 e. The maximum Gasteiger partial charge on any atom is 0.161 e. The Labute approximate surface area is 172 Å². The summed E-state index contributed by atoms with van der Waals surface area (Å²) < 4.78 is 16.1. The predicted molar refractivity (Wildman–Crippen MR) is 105 cm³/mol. The van der Waals surface area contributed by atoms with E-state index in [9.17, 15) is 15.2 Å². The van der Waals surface area contributed by atoms with Crippen LogP contribution in [0.3, 0.4) is 0 Å². The number of furan rings is 1. The summed E-state index contributed by atoms with van der Waals surface area (Å²) in [4.78, 5) is 10.8. The van der Waals surface area contributed by atoms with Crippen molar-refractivity contribution in [3.8, 4) is 17.6 Å². The van der Waals surface area contributed by atoms with Gasteiger partial charge in [0.2, 0.25) is 0 Å². The van der Waals surface area contributed by atoms with Crippen molar-refractivity contribution in [1.82, 2.24) is 0 Å². The zero-order chi connectivity index (χ0) is 20.8. The molecule has 3 rings (SSSR count). The third kappa shape index (κ3) is 4.98. The number of allylic oxidation sites excluding steroid dienone is 1. The van der Waals surface area contributed by atoms with E-state index in [1.165, 1.54) is 19.2 Å². The molecule has 0 spiro atoms. The highest BCUT2D eigenvalue weighted by Gasteiger charge is 2.09. The number of ether oxygens (including phenoxy) is 2. The quantitative estimate of drug-likeness (QED) is 0.434. The minimum absolute atomic E-state index is 0.0186. The van der Waals surface area contributed by atoms with Crippen molar-refractivity contribution in [1.29, 1.82) is 5.26 Å². The first kappa shape index (κ1) is 20.1. The Morgan fingerprint density at radius 3 is 2.69 bits per heavy atom. The zero-order valence-electron chi connectivity index (χ0n) is 15.3. The Morgan fingerprint density at radius 1 is 1.21 bits per heavy atom. The van der Waals surface area contributed by atoms with E-state index in [-0.39, 0.29) is 12.4 Å². The number of hydrogen-bond donors (Lipinski definition) is 0. The van der Waals surface area contributed by atoms with Crippen LogP contribution in [0.2, 0.25) is 5.02 Å². The number of carbonyl (C=O) groups excluding carboxylic acids is 1. The first-order valence-electron chi connectivity index (χ1n) is 8.49. The van der Waals surface area contributed by atoms with Crippen molar-refractivity contribution >= 4 is 29.2 Å². The highest BCUT2D eigenvalue weighted by molar-refractivity contribution is 6.30. The van der Waals surface area contributed by atoms with E-state index in [1.54, 1.807) is 48.5 Å². The summed E-state index contributed by atoms with van der Waals surface area (Å²) in [6.07, 6.45) is 1.72. The molecule has 0 fully saturated rings. The van der Waals surface area contributed by atoms with Gasteiger partial charge in [-0.05, 0) is 53.6 Å². The van der Waals surface area contributed by atoms with Gasteiger partial charge in [0.05, 0.1) is 18.8 Å². The van der Waals surface area contributed by atoms with Crippen LogP contribution in [-0.2, 0) is 6.61 Å². The van der Waals surface area contributed by atoms with Gasteiger partial charge in [-0.1, -0.05) is 29.8 Å². The standard InChI is InChI=1S/C22H16ClNO5/c1-27-21-10-14(9-16(12-24)15-3-2-4-17(23)11-15)5-7-19(21)28-13-18-6-8-20(29-18)22(25)26/h2-11H,13H2,1H3,(H,25,26)/p-1/b16-9-. The third-order valence-electron chi connectivity index (χ3n) is 3.99. The van der Waals surface area contributed by atoms with Gasteiger partial charge < -0.3 is 23.8 Å². The van der Waals surface area contributed by atoms with Crippen LogP contribution in [0, 0.1) is 11.3 Å². The molecular formula is C22H15ClNO5-. The van der Waals surface area contributed by atoms with Crippen LogP contribution in [0.25, 0.3) is 11.6 Å². The molecule has 0 aliphatic heterocycles. The van der Waals surface area contributed by atoms with Gasteiger partial charge >= 0.3 is 0 Å². The molecule has 0 N–H and O–H groups in total. The average Bonchev–Trinajstić information content (AvgIpc) is 3.20. The molecule has 146 valence electrons. The molecule has 0 radical (unpaired) electrons. The summed E-state index contributed by atoms with van der Waals surface area (Å²) in [6.45, 7) is 0.0186. The summed E-state index contributed by atoms with van der Waals surface area (Å²) in [5.41, 5.74) is 1.90. The SMILES string of the molecule is COc1cc(/C=C(/C#N)c2cccc(Cl)c2)ccc1OCc1ccc(C(=O)[O-])o1. The van der Waals surface area contributed by atoms with Gasteiger partial charge in [-0.3, -0.25) is 0 Å². The second-order valence-electron chi connectivity index (χ2n) is 5.93. The first-order valence-corrected chi connectivity index (χ1v) is 8.86. The van der Waals surface area contributed by atoms with Gasteiger partial charge in [-0.15, -0.1) is 0 Å². The molecule has 7 heteroatoms. The van der Waals surface area contributed by atoms with Crippen LogP contribution < -0.4 is 14.6 Å². The lowest BCUT2D eigenvalue weighted by Gasteiger charge is -2.11. The molecule has 29 heavy (non-hydrogen) atoms. The molecule has 1 heterocycles. The lowest BCUT2D eigenvalue weighted by Crippen LogP contribution is -2.21. The van der Waals surface area contributed by atoms with E-state index < -0.39 is 5.97 Å². The summed E-state index contributed by atoms with van der Waals surface area (Å²) in [5, 5.41) is 20.8. The summed E-state index contributed by atoms with van der Waals surface area (Å²) in [7, 11) is 1.50. The van der Waals surface area contributed by atoms with Crippen LogP contribution in [0.4, 0.5) is 0 Å². The van der Waals surface area contributed by atoms with Crippen molar-refractivity contribution in [3.63, 3.8) is 0 Å². The maximum atomic E-state index is 10.8. The van der Waals surface area contributed by atoms with Gasteiger partial charge in [0.1, 0.15) is 24.1 Å². The number of benzene rings is 2. The van der Waals surface area contributed by atoms with Crippen molar-refractivity contribution in [2.45, 2.75) is 6.61 Å². The molecule has 2 aromatic carbocycles. The second kappa shape index (κ2) is 9.00. The van der Waals surface area contributed by atoms with Gasteiger partial charge in [0.15, 0.2) is 11.5 Å². The van der Waals surface area contributed by atoms with Gasteiger partial charge in [0, 0.05) is 5.02 Å². The number of halogens is 1. The van der Waals surface area contributed by atoms with Crippen LogP contribution in [0.1, 0.15) is 27.4 Å². The number of rotatable bonds is 7. The van der Waals surface area contributed by atoms with E-state index in [4.69, 9.17) is 25.5 Å². The topological polar surface area (TPSA) is 95.5 Å². The highest BCUT2D eigenvalue weighted by atomic mass is 35.5. The third-order valence-corrected chi connectivity index (χ3v) is 4.22. The second-order valence-corrected chi connectivity index (χ2v) is 6.37. The predicted octanol–water partition coefficient (Wildman–Crippen LogP) is 3.95. The molecule has 0 bridgehead atoms. The lowest BCUT2D eigenvalue weighted by atomic mass is 10.0. The zero-order valence-corrected chi connectivity index (χ0v) is 16.1. The number of methoxy groups -OCH3 is 1. The van der Waals surface area contributed by atoms with Crippen molar-refractivity contribution in [2.24, 2.45) is 0 Å². The molecule has 0 amide bonds. The normalized spacial score (nSPS) is 11.0. The van der Waals surface area contributed by atoms with Crippen LogP contribution in [0.5, 0.6) is 11.5 Å². The molecule has 0 unspecified atom stereocenters. The molecule has 3 aromatic rings. The largest absolute Gasteiger partial charge is 0.542 e. The Kier molecular flexibility index (Phi) is 6.22. The van der Waals surface area contributed by atoms with Gasteiger partial charge in [0.25, 0.3) is 0 Å². The first-order chi connectivity index (χ1) is 14.0. The Balaban J connectivity index is 1.80. The number of nitrogens with zero attached hydrogens (tertiary/aromatic N) is 1. The number of carboxylic acids is 1. The fraction of sp³-hybridized carbons (Fsp3) is 0.0909. The van der Waals surface area contributed by atoms with E-state index >= 15 is 0 Å². The Bertz CT molecular complexity index is 1110. The molecule has 6 nitrogen and oxygen atoms in total. The Morgan fingerprint density at radius 2 is 2.03 bits per heavy atom. The van der Waals surface area contributed by atoms with E-state index in [1.807, 2.05) is 0 Å². The van der Waals surface area contributed by atoms with Crippen molar-refractivity contribution < 1.29 is 23.8 Å². The number of hydrogen-bond acceptors (Lipinski definition) is 6. The monoisotopic (exact) mass is 408 g/mol. The Hall–Kier alpha value is -3.69. The summed E-state index contributed by atoms with van der Waals surface area (Å²) >= 11 is 6.00. The van der Waals surface area contributed by atoms with E-state index in [2.05, 4.69) is 6.07 Å². The van der Waals surface area contributed by atoms with Gasteiger partial charge in [-0.2, -0.15) is 5.26 Å². The van der Waals surface area contributed by atoms with E-state index in [0.717, 1.165) is 5.56 Å². The average molecular weight is 409 g/mol. The lowest BCUT2D eigenvalue weighted by molar-refractivity contribution is -0.257. The maximum absolute atomic E-state index is 10.8. The molecule has 0 saturated carbocycles. The van der Waals surface area contributed by atoms with Crippen LogP contribution in [0.15, 0.2) is 59.0 Å². The summed E-state index contributed by atoms with van der Waals surface area (Å²) in [6, 6.07) is 17.2. The number of aromatic carboxylic acids is 1. The number of carbonyl (C=O) groups is 1. The molecule has 1 aromatic heterocycles. The van der Waals surface area contributed by atoms with Gasteiger partial charge in [-0.25, -0.2) is 0 Å². The fourth-order valence-corrected chi connectivity index (χ4v) is 2.80. The smallest absolute Gasteiger partial charge is 0.161 e. The van der Waals surface area contributed by atoms with Crippen molar-refractivity contribution in [2.75, 3.05) is 7.11 Å². The molecule has 0 aliphatic rings. The van der Waals surface area contributed by atoms with Crippen molar-refractivity contribution in [3.05, 3.63) is 82.3 Å². The van der Waals surface area contributed by atoms with E-state index in [0.29, 0.717) is 33.4 Å². The van der Waals surface area contributed by atoms with Crippen LogP contribution in [-0.4, -0.2) is 13.1 Å². The minimum atomic E-state index is -1.39.